The molecule has 0 bridgehead atoms. The van der Waals surface area contributed by atoms with Gasteiger partial charge in [0.05, 0.1) is 10.1 Å². The van der Waals surface area contributed by atoms with Crippen LogP contribution in [0, 0.1) is 0 Å². The van der Waals surface area contributed by atoms with E-state index in [4.69, 9.17) is 0 Å². The zero-order valence-corrected chi connectivity index (χ0v) is 10.3. The molecule has 1 aromatic carbocycles. The molecule has 6 heteroatoms. The third kappa shape index (κ3) is 3.13. The van der Waals surface area contributed by atoms with Gasteiger partial charge in [0.25, 0.3) is 5.91 Å². The van der Waals surface area contributed by atoms with E-state index in [9.17, 15) is 18.0 Å². The maximum Gasteiger partial charge on any atom is 0.288 e. The average Bonchev–Trinajstić information content (AvgIpc) is 2.29. The monoisotopic (exact) mass is 255 g/mol. The molecule has 0 atom stereocenters. The lowest BCUT2D eigenvalue weighted by Crippen LogP contribution is -2.15. The molecule has 1 rings (SSSR count). The van der Waals surface area contributed by atoms with Gasteiger partial charge in [0.15, 0.2) is 9.84 Å². The molecule has 0 aromatic heterocycles. The maximum absolute atomic E-state index is 11.8. The largest absolute Gasteiger partial charge is 0.320 e. The van der Waals surface area contributed by atoms with E-state index in [1.807, 2.05) is 0 Å². The number of anilines is 1. The van der Waals surface area contributed by atoms with Crippen molar-refractivity contribution in [2.24, 2.45) is 0 Å². The summed E-state index contributed by atoms with van der Waals surface area (Å²) in [5.74, 6) is -0.774. The van der Waals surface area contributed by atoms with Crippen molar-refractivity contribution in [1.82, 2.24) is 0 Å². The minimum Gasteiger partial charge on any atom is -0.320 e. The SMILES string of the molecule is CC(C)S(=O)(=O)c1ccc(NC(=O)C=O)cc1. The molecule has 1 aromatic rings. The molecule has 0 aliphatic heterocycles. The number of sulfone groups is 1. The molecule has 0 saturated heterocycles. The zero-order valence-electron chi connectivity index (χ0n) is 9.51. The van der Waals surface area contributed by atoms with E-state index in [1.54, 1.807) is 13.8 Å². The second-order valence-corrected chi connectivity index (χ2v) is 6.23. The first-order chi connectivity index (χ1) is 7.87. The minimum absolute atomic E-state index is 0.152. The van der Waals surface area contributed by atoms with E-state index in [0.29, 0.717) is 5.69 Å². The molecular weight excluding hydrogens is 242 g/mol. The summed E-state index contributed by atoms with van der Waals surface area (Å²) >= 11 is 0. The highest BCUT2D eigenvalue weighted by molar-refractivity contribution is 7.92. The first-order valence-corrected chi connectivity index (χ1v) is 6.52. The topological polar surface area (TPSA) is 80.3 Å². The van der Waals surface area contributed by atoms with Gasteiger partial charge in [0, 0.05) is 5.69 Å². The van der Waals surface area contributed by atoms with Crippen LogP contribution >= 0.6 is 0 Å². The van der Waals surface area contributed by atoms with Crippen molar-refractivity contribution in [3.8, 4) is 0 Å². The lowest BCUT2D eigenvalue weighted by atomic mass is 10.3. The molecule has 1 N–H and O–H groups in total. The van der Waals surface area contributed by atoms with Crippen molar-refractivity contribution < 1.29 is 18.0 Å². The highest BCUT2D eigenvalue weighted by Crippen LogP contribution is 2.18. The van der Waals surface area contributed by atoms with Gasteiger partial charge in [-0.25, -0.2) is 8.42 Å². The van der Waals surface area contributed by atoms with Crippen molar-refractivity contribution in [3.05, 3.63) is 24.3 Å². The lowest BCUT2D eigenvalue weighted by molar-refractivity contribution is -0.127. The molecule has 0 saturated carbocycles. The summed E-state index contributed by atoms with van der Waals surface area (Å²) in [6, 6.07) is 5.68. The highest BCUT2D eigenvalue weighted by Gasteiger charge is 2.18. The van der Waals surface area contributed by atoms with Crippen molar-refractivity contribution in [3.63, 3.8) is 0 Å². The number of carbonyl (C=O) groups excluding carboxylic acids is 2. The standard InChI is InChI=1S/C11H13NO4S/c1-8(2)17(15,16)10-5-3-9(4-6-10)12-11(14)7-13/h3-8H,1-2H3,(H,12,14). The van der Waals surface area contributed by atoms with Crippen molar-refractivity contribution >= 4 is 27.7 Å². The van der Waals surface area contributed by atoms with E-state index in [2.05, 4.69) is 5.32 Å². The Hall–Kier alpha value is -1.69. The summed E-state index contributed by atoms with van der Waals surface area (Å²) in [6.45, 7) is 3.19. The molecule has 0 heterocycles. The fraction of sp³-hybridized carbons (Fsp3) is 0.273. The fourth-order valence-corrected chi connectivity index (χ4v) is 2.23. The normalized spacial score (nSPS) is 11.2. The lowest BCUT2D eigenvalue weighted by Gasteiger charge is -2.08. The quantitative estimate of drug-likeness (QED) is 0.643. The summed E-state index contributed by atoms with van der Waals surface area (Å²) < 4.78 is 23.6. The molecule has 0 spiro atoms. The number of aldehydes is 1. The Morgan fingerprint density at radius 2 is 1.76 bits per heavy atom. The van der Waals surface area contributed by atoms with E-state index in [0.717, 1.165) is 0 Å². The number of amides is 1. The van der Waals surface area contributed by atoms with Crippen LogP contribution in [0.3, 0.4) is 0 Å². The predicted molar refractivity (Wildman–Crippen MR) is 63.5 cm³/mol. The summed E-state index contributed by atoms with van der Waals surface area (Å²) in [5.41, 5.74) is 0.379. The van der Waals surface area contributed by atoms with Gasteiger partial charge in [-0.1, -0.05) is 0 Å². The Morgan fingerprint density at radius 1 is 1.24 bits per heavy atom. The van der Waals surface area contributed by atoms with Gasteiger partial charge >= 0.3 is 0 Å². The van der Waals surface area contributed by atoms with E-state index in [-0.39, 0.29) is 11.2 Å². The van der Waals surface area contributed by atoms with Crippen LogP contribution in [0.1, 0.15) is 13.8 Å². The van der Waals surface area contributed by atoms with E-state index < -0.39 is 21.0 Å². The molecule has 0 aliphatic carbocycles. The first kappa shape index (κ1) is 13.4. The van der Waals surface area contributed by atoms with Crippen LogP contribution in [0.5, 0.6) is 0 Å². The number of nitrogens with one attached hydrogen (secondary N) is 1. The Morgan fingerprint density at radius 3 is 2.18 bits per heavy atom. The van der Waals surface area contributed by atoms with Crippen LogP contribution in [0.15, 0.2) is 29.2 Å². The zero-order chi connectivity index (χ0) is 13.1. The fourth-order valence-electron chi connectivity index (χ4n) is 1.17. The number of carbonyl (C=O) groups is 2. The maximum atomic E-state index is 11.8. The number of rotatable bonds is 4. The molecule has 5 nitrogen and oxygen atoms in total. The van der Waals surface area contributed by atoms with Gasteiger partial charge in [0.1, 0.15) is 0 Å². The molecule has 1 amide bonds. The van der Waals surface area contributed by atoms with Gasteiger partial charge < -0.3 is 5.32 Å². The Kier molecular flexibility index (Phi) is 4.01. The van der Waals surface area contributed by atoms with Gasteiger partial charge in [-0.15, -0.1) is 0 Å². The molecular formula is C11H13NO4S. The highest BCUT2D eigenvalue weighted by atomic mass is 32.2. The minimum atomic E-state index is -3.31. The van der Waals surface area contributed by atoms with Crippen LogP contribution in [-0.4, -0.2) is 25.9 Å². The number of benzene rings is 1. The smallest absolute Gasteiger partial charge is 0.288 e. The van der Waals surface area contributed by atoms with E-state index in [1.165, 1.54) is 24.3 Å². The molecule has 0 radical (unpaired) electrons. The van der Waals surface area contributed by atoms with Gasteiger partial charge in [0.2, 0.25) is 6.29 Å². The van der Waals surface area contributed by atoms with Crippen molar-refractivity contribution in [2.75, 3.05) is 5.32 Å². The molecule has 17 heavy (non-hydrogen) atoms. The summed E-state index contributed by atoms with van der Waals surface area (Å²) in [7, 11) is -3.31. The van der Waals surface area contributed by atoms with Crippen molar-refractivity contribution in [1.29, 1.82) is 0 Å². The first-order valence-electron chi connectivity index (χ1n) is 4.98. The van der Waals surface area contributed by atoms with E-state index >= 15 is 0 Å². The summed E-state index contributed by atoms with van der Waals surface area (Å²) in [5, 5.41) is 1.80. The number of hydrogen-bond acceptors (Lipinski definition) is 4. The molecule has 0 unspecified atom stereocenters. The number of hydrogen-bond donors (Lipinski definition) is 1. The Labute approximate surface area is 99.8 Å². The Bertz CT molecular complexity index is 517. The summed E-state index contributed by atoms with van der Waals surface area (Å²) in [4.78, 5) is 21.1. The second-order valence-electron chi connectivity index (χ2n) is 3.73. The summed E-state index contributed by atoms with van der Waals surface area (Å²) in [6.07, 6.45) is 0.152. The van der Waals surface area contributed by atoms with Gasteiger partial charge in [-0.2, -0.15) is 0 Å². The third-order valence-corrected chi connectivity index (χ3v) is 4.35. The average molecular weight is 255 g/mol. The van der Waals surface area contributed by atoms with Crippen LogP contribution in [0.4, 0.5) is 5.69 Å². The van der Waals surface area contributed by atoms with Gasteiger partial charge in [-0.05, 0) is 38.1 Å². The van der Waals surface area contributed by atoms with Gasteiger partial charge in [-0.3, -0.25) is 9.59 Å². The molecule has 92 valence electrons. The predicted octanol–water partition coefficient (Wildman–Crippen LogP) is 1.01. The third-order valence-electron chi connectivity index (χ3n) is 2.18. The van der Waals surface area contributed by atoms with Crippen LogP contribution < -0.4 is 5.32 Å². The van der Waals surface area contributed by atoms with Crippen molar-refractivity contribution in [2.45, 2.75) is 24.0 Å². The van der Waals surface area contributed by atoms with Crippen LogP contribution in [0.25, 0.3) is 0 Å². The molecule has 0 aliphatic rings. The van der Waals surface area contributed by atoms with Crippen LogP contribution in [-0.2, 0) is 19.4 Å². The molecule has 0 fully saturated rings. The second kappa shape index (κ2) is 5.09. The van der Waals surface area contributed by atoms with Crippen LogP contribution in [0.2, 0.25) is 0 Å². The Balaban J connectivity index is 2.96.